The highest BCUT2D eigenvalue weighted by Crippen LogP contribution is 2.29. The molecule has 3 rings (SSSR count). The minimum Gasteiger partial charge on any atom is -0.354 e. The van der Waals surface area contributed by atoms with E-state index in [1.165, 1.54) is 11.3 Å². The van der Waals surface area contributed by atoms with E-state index in [1.54, 1.807) is 18.2 Å². The summed E-state index contributed by atoms with van der Waals surface area (Å²) in [5.41, 5.74) is 0.599. The summed E-state index contributed by atoms with van der Waals surface area (Å²) >= 11 is 1.40. The predicted molar refractivity (Wildman–Crippen MR) is 123 cm³/mol. The summed E-state index contributed by atoms with van der Waals surface area (Å²) in [7, 11) is 0. The van der Waals surface area contributed by atoms with E-state index < -0.39 is 5.54 Å². The lowest BCUT2D eigenvalue weighted by Crippen LogP contribution is -2.59. The first-order valence-corrected chi connectivity index (χ1v) is 11.9. The van der Waals surface area contributed by atoms with Crippen molar-refractivity contribution in [2.24, 2.45) is 0 Å². The maximum Gasteiger partial charge on any atom is 0.261 e. The highest BCUT2D eigenvalue weighted by molar-refractivity contribution is 7.12. The van der Waals surface area contributed by atoms with Gasteiger partial charge in [0.15, 0.2) is 0 Å². The van der Waals surface area contributed by atoms with Gasteiger partial charge in [-0.15, -0.1) is 11.3 Å². The van der Waals surface area contributed by atoms with Crippen LogP contribution in [0.2, 0.25) is 0 Å². The average molecular weight is 442 g/mol. The SMILES string of the molecule is CCCCNC(=O)C1(NC(=O)c2ccc(CNC(=O)c3cccs3)cc2)CCCCC1. The Morgan fingerprint density at radius 2 is 1.71 bits per heavy atom. The largest absolute Gasteiger partial charge is 0.354 e. The van der Waals surface area contributed by atoms with E-state index in [0.717, 1.165) is 37.7 Å². The number of unbranched alkanes of at least 4 members (excludes halogenated alkanes) is 1. The molecule has 1 aromatic heterocycles. The second kappa shape index (κ2) is 11.1. The number of thiophene rings is 1. The fraction of sp³-hybridized carbons (Fsp3) is 0.458. The van der Waals surface area contributed by atoms with Gasteiger partial charge >= 0.3 is 0 Å². The molecule has 31 heavy (non-hydrogen) atoms. The Bertz CT molecular complexity index is 872. The van der Waals surface area contributed by atoms with Crippen molar-refractivity contribution < 1.29 is 14.4 Å². The number of carbonyl (C=O) groups is 3. The van der Waals surface area contributed by atoms with Gasteiger partial charge in [0, 0.05) is 18.7 Å². The molecular weight excluding hydrogens is 410 g/mol. The fourth-order valence-electron chi connectivity index (χ4n) is 3.85. The van der Waals surface area contributed by atoms with Gasteiger partial charge in [-0.3, -0.25) is 14.4 Å². The van der Waals surface area contributed by atoms with Crippen LogP contribution >= 0.6 is 11.3 Å². The summed E-state index contributed by atoms with van der Waals surface area (Å²) in [6.07, 6.45) is 6.24. The van der Waals surface area contributed by atoms with Crippen molar-refractivity contribution >= 4 is 29.1 Å². The van der Waals surface area contributed by atoms with Crippen LogP contribution in [0.3, 0.4) is 0 Å². The van der Waals surface area contributed by atoms with Crippen molar-refractivity contribution in [3.05, 3.63) is 57.8 Å². The van der Waals surface area contributed by atoms with Crippen LogP contribution in [0.25, 0.3) is 0 Å². The molecule has 1 aromatic carbocycles. The number of amides is 3. The molecule has 1 saturated carbocycles. The van der Waals surface area contributed by atoms with E-state index >= 15 is 0 Å². The zero-order valence-electron chi connectivity index (χ0n) is 18.0. The Morgan fingerprint density at radius 1 is 0.968 bits per heavy atom. The van der Waals surface area contributed by atoms with Crippen molar-refractivity contribution in [1.82, 2.24) is 16.0 Å². The molecule has 0 atom stereocenters. The number of hydrogen-bond acceptors (Lipinski definition) is 4. The van der Waals surface area contributed by atoms with Gasteiger partial charge < -0.3 is 16.0 Å². The number of benzene rings is 1. The van der Waals surface area contributed by atoms with Crippen LogP contribution in [0.15, 0.2) is 41.8 Å². The normalized spacial score (nSPS) is 15.1. The molecule has 3 N–H and O–H groups in total. The third-order valence-electron chi connectivity index (χ3n) is 5.72. The molecule has 7 heteroatoms. The lowest BCUT2D eigenvalue weighted by molar-refractivity contribution is -0.128. The maximum atomic E-state index is 12.9. The van der Waals surface area contributed by atoms with Crippen LogP contribution in [-0.2, 0) is 11.3 Å². The Labute approximate surface area is 187 Å². The Balaban J connectivity index is 1.60. The zero-order chi connectivity index (χ0) is 22.1. The van der Waals surface area contributed by atoms with Crippen molar-refractivity contribution in [2.45, 2.75) is 64.0 Å². The Morgan fingerprint density at radius 3 is 2.35 bits per heavy atom. The third kappa shape index (κ3) is 6.17. The van der Waals surface area contributed by atoms with Crippen molar-refractivity contribution in [3.63, 3.8) is 0 Å². The molecule has 1 fully saturated rings. The molecule has 1 heterocycles. The van der Waals surface area contributed by atoms with Gasteiger partial charge in [-0.1, -0.05) is 50.8 Å². The van der Waals surface area contributed by atoms with Gasteiger partial charge in [-0.2, -0.15) is 0 Å². The monoisotopic (exact) mass is 441 g/mol. The zero-order valence-corrected chi connectivity index (χ0v) is 18.9. The first kappa shape index (κ1) is 23.0. The Kier molecular flexibility index (Phi) is 8.23. The quantitative estimate of drug-likeness (QED) is 0.514. The molecule has 0 spiro atoms. The molecule has 0 aliphatic heterocycles. The highest BCUT2D eigenvalue weighted by Gasteiger charge is 2.40. The van der Waals surface area contributed by atoms with E-state index in [0.29, 0.717) is 36.4 Å². The van der Waals surface area contributed by atoms with E-state index in [-0.39, 0.29) is 17.7 Å². The first-order chi connectivity index (χ1) is 15.0. The van der Waals surface area contributed by atoms with Crippen LogP contribution in [0.5, 0.6) is 0 Å². The number of rotatable bonds is 9. The summed E-state index contributed by atoms with van der Waals surface area (Å²) < 4.78 is 0. The van der Waals surface area contributed by atoms with Crippen molar-refractivity contribution in [3.8, 4) is 0 Å². The second-order valence-corrected chi connectivity index (χ2v) is 9.01. The molecule has 3 amide bonds. The number of carbonyl (C=O) groups excluding carboxylic acids is 3. The van der Waals surface area contributed by atoms with E-state index in [4.69, 9.17) is 0 Å². The molecule has 1 aliphatic rings. The average Bonchev–Trinajstić information content (AvgIpc) is 3.33. The van der Waals surface area contributed by atoms with Gasteiger partial charge in [0.05, 0.1) is 4.88 Å². The molecule has 0 unspecified atom stereocenters. The maximum absolute atomic E-state index is 12.9. The molecule has 0 bridgehead atoms. The standard InChI is InChI=1S/C24H31N3O3S/c1-2-3-15-25-23(30)24(13-5-4-6-14-24)27-21(28)19-11-9-18(10-12-19)17-26-22(29)20-8-7-16-31-20/h7-12,16H,2-6,13-15,17H2,1H3,(H,25,30)(H,26,29)(H,27,28). The van der Waals surface area contributed by atoms with E-state index in [9.17, 15) is 14.4 Å². The molecule has 1 aliphatic carbocycles. The van der Waals surface area contributed by atoms with Gasteiger partial charge in [0.25, 0.3) is 11.8 Å². The van der Waals surface area contributed by atoms with Crippen LogP contribution in [-0.4, -0.2) is 29.8 Å². The minimum atomic E-state index is -0.823. The fourth-order valence-corrected chi connectivity index (χ4v) is 4.49. The lowest BCUT2D eigenvalue weighted by Gasteiger charge is -2.36. The summed E-state index contributed by atoms with van der Waals surface area (Å²) in [4.78, 5) is 38.6. The lowest BCUT2D eigenvalue weighted by atomic mass is 9.80. The first-order valence-electron chi connectivity index (χ1n) is 11.1. The molecule has 166 valence electrons. The van der Waals surface area contributed by atoms with Gasteiger partial charge in [-0.05, 0) is 48.4 Å². The van der Waals surface area contributed by atoms with Crippen LogP contribution in [0.1, 0.15) is 77.5 Å². The summed E-state index contributed by atoms with van der Waals surface area (Å²) in [5, 5.41) is 10.8. The summed E-state index contributed by atoms with van der Waals surface area (Å²) in [5.74, 6) is -0.409. The van der Waals surface area contributed by atoms with Crippen LogP contribution < -0.4 is 16.0 Å². The number of hydrogen-bond donors (Lipinski definition) is 3. The van der Waals surface area contributed by atoms with Crippen LogP contribution in [0.4, 0.5) is 0 Å². The molecule has 2 aromatic rings. The van der Waals surface area contributed by atoms with Crippen molar-refractivity contribution in [2.75, 3.05) is 6.54 Å². The summed E-state index contributed by atoms with van der Waals surface area (Å²) in [6.45, 7) is 3.11. The molecule has 0 saturated heterocycles. The second-order valence-electron chi connectivity index (χ2n) is 8.06. The van der Waals surface area contributed by atoms with Gasteiger partial charge in [-0.25, -0.2) is 0 Å². The van der Waals surface area contributed by atoms with Gasteiger partial charge in [0.1, 0.15) is 5.54 Å². The molecular formula is C24H31N3O3S. The van der Waals surface area contributed by atoms with Gasteiger partial charge in [0.2, 0.25) is 5.91 Å². The Hall–Kier alpha value is -2.67. The topological polar surface area (TPSA) is 87.3 Å². The molecule has 6 nitrogen and oxygen atoms in total. The smallest absolute Gasteiger partial charge is 0.261 e. The van der Waals surface area contributed by atoms with Crippen molar-refractivity contribution in [1.29, 1.82) is 0 Å². The predicted octanol–water partition coefficient (Wildman–Crippen LogP) is 4.03. The third-order valence-corrected chi connectivity index (χ3v) is 6.59. The highest BCUT2D eigenvalue weighted by atomic mass is 32.1. The molecule has 0 radical (unpaired) electrons. The van der Waals surface area contributed by atoms with E-state index in [2.05, 4.69) is 22.9 Å². The van der Waals surface area contributed by atoms with E-state index in [1.807, 2.05) is 23.6 Å². The summed E-state index contributed by atoms with van der Waals surface area (Å²) in [6, 6.07) is 10.8. The van der Waals surface area contributed by atoms with Crippen LogP contribution in [0, 0.1) is 0 Å². The number of nitrogens with one attached hydrogen (secondary N) is 3. The minimum absolute atomic E-state index is 0.0677.